The normalized spacial score (nSPS) is 31.2. The Hall–Kier alpha value is -2.58. The van der Waals surface area contributed by atoms with Gasteiger partial charge >= 0.3 is 12.1 Å². The van der Waals surface area contributed by atoms with Crippen LogP contribution in [0.15, 0.2) is 12.2 Å². The van der Waals surface area contributed by atoms with Crippen LogP contribution < -0.4 is 10.6 Å². The number of hydrogen-bond donors (Lipinski definition) is 2. The average molecular weight is 478 g/mol. The molecule has 2 heterocycles. The maximum Gasteiger partial charge on any atom is 0.408 e. The fraction of sp³-hybridized carbons (Fsp3) is 0.760. The lowest BCUT2D eigenvalue weighted by molar-refractivity contribution is -0.150. The van der Waals surface area contributed by atoms with Crippen molar-refractivity contribution in [3.05, 3.63) is 12.2 Å². The van der Waals surface area contributed by atoms with E-state index in [2.05, 4.69) is 16.7 Å². The van der Waals surface area contributed by atoms with E-state index in [1.807, 2.05) is 6.08 Å². The Morgan fingerprint density at radius 3 is 2.65 bits per heavy atom. The maximum absolute atomic E-state index is 13.5. The minimum absolute atomic E-state index is 0.104. The van der Waals surface area contributed by atoms with E-state index in [1.54, 1.807) is 32.6 Å². The van der Waals surface area contributed by atoms with Crippen LogP contribution in [0.4, 0.5) is 4.79 Å². The summed E-state index contributed by atoms with van der Waals surface area (Å²) in [4.78, 5) is 53.5. The van der Waals surface area contributed by atoms with Crippen LogP contribution in [0.1, 0.15) is 79.1 Å². The number of alkyl carbamates (subject to hydrolysis) is 1. The number of allylic oxidation sites excluding steroid dienone is 1. The van der Waals surface area contributed by atoms with Crippen molar-refractivity contribution in [2.24, 2.45) is 5.92 Å². The SMILES string of the molecule is CCOC(=O)[C@@]12C[C@@H]1/C=C\CCCCC[C@H](NC(=O)OC(C)(C)C)C(=O)N1CCC[C@H]1C(=O)N2. The van der Waals surface area contributed by atoms with Crippen molar-refractivity contribution in [2.75, 3.05) is 13.2 Å². The summed E-state index contributed by atoms with van der Waals surface area (Å²) >= 11 is 0. The second kappa shape index (κ2) is 10.8. The van der Waals surface area contributed by atoms with Crippen molar-refractivity contribution >= 4 is 23.9 Å². The molecule has 0 aromatic rings. The molecule has 4 atom stereocenters. The summed E-state index contributed by atoms with van der Waals surface area (Å²) in [5, 5.41) is 5.66. The van der Waals surface area contributed by atoms with E-state index in [0.29, 0.717) is 32.2 Å². The Morgan fingerprint density at radius 2 is 1.94 bits per heavy atom. The first-order valence-corrected chi connectivity index (χ1v) is 12.5. The largest absolute Gasteiger partial charge is 0.464 e. The van der Waals surface area contributed by atoms with Gasteiger partial charge in [0.2, 0.25) is 11.8 Å². The number of nitrogens with zero attached hydrogens (tertiary/aromatic N) is 1. The van der Waals surface area contributed by atoms with Crippen LogP contribution in [0, 0.1) is 5.92 Å². The van der Waals surface area contributed by atoms with E-state index < -0.39 is 35.3 Å². The number of rotatable bonds is 3. The summed E-state index contributed by atoms with van der Waals surface area (Å²) in [6.45, 7) is 7.71. The third-order valence-electron chi connectivity index (χ3n) is 6.56. The molecule has 0 spiro atoms. The molecule has 0 aromatic heterocycles. The number of carbonyl (C=O) groups excluding carboxylic acids is 4. The van der Waals surface area contributed by atoms with Crippen molar-refractivity contribution in [3.8, 4) is 0 Å². The Kier molecular flexibility index (Phi) is 8.25. The lowest BCUT2D eigenvalue weighted by Gasteiger charge is -2.30. The number of esters is 1. The summed E-state index contributed by atoms with van der Waals surface area (Å²) in [5.41, 5.74) is -1.74. The van der Waals surface area contributed by atoms with E-state index in [0.717, 1.165) is 25.7 Å². The monoisotopic (exact) mass is 477 g/mol. The van der Waals surface area contributed by atoms with Gasteiger partial charge in [0.05, 0.1) is 6.61 Å². The van der Waals surface area contributed by atoms with Gasteiger partial charge in [0.15, 0.2) is 0 Å². The number of hydrogen-bond acceptors (Lipinski definition) is 6. The maximum atomic E-state index is 13.5. The van der Waals surface area contributed by atoms with Crippen LogP contribution in [0.25, 0.3) is 0 Å². The first-order chi connectivity index (χ1) is 16.1. The molecule has 3 rings (SSSR count). The Bertz CT molecular complexity index is 820. The van der Waals surface area contributed by atoms with Gasteiger partial charge in [-0.1, -0.05) is 25.0 Å². The fourth-order valence-electron chi connectivity index (χ4n) is 4.77. The molecule has 0 radical (unpaired) electrons. The Balaban J connectivity index is 1.81. The second-order valence-corrected chi connectivity index (χ2v) is 10.4. The number of nitrogens with one attached hydrogen (secondary N) is 2. The molecule has 0 aromatic carbocycles. The van der Waals surface area contributed by atoms with Crippen molar-refractivity contribution in [3.63, 3.8) is 0 Å². The van der Waals surface area contributed by atoms with Crippen LogP contribution in [-0.4, -0.2) is 65.2 Å². The molecule has 2 N–H and O–H groups in total. The topological polar surface area (TPSA) is 114 Å². The molecule has 3 aliphatic rings. The summed E-state index contributed by atoms with van der Waals surface area (Å²) < 4.78 is 10.6. The van der Waals surface area contributed by atoms with Gasteiger partial charge in [0, 0.05) is 12.5 Å². The van der Waals surface area contributed by atoms with E-state index in [9.17, 15) is 19.2 Å². The summed E-state index contributed by atoms with van der Waals surface area (Å²) in [6.07, 6.45) is 9.02. The number of ether oxygens (including phenoxy) is 2. The van der Waals surface area contributed by atoms with E-state index in [4.69, 9.17) is 9.47 Å². The fourth-order valence-corrected chi connectivity index (χ4v) is 4.77. The average Bonchev–Trinajstić information content (AvgIpc) is 3.21. The highest BCUT2D eigenvalue weighted by molar-refractivity contribution is 5.96. The highest BCUT2D eigenvalue weighted by Gasteiger charge is 2.62. The molecule has 2 aliphatic heterocycles. The molecule has 9 heteroatoms. The van der Waals surface area contributed by atoms with Gasteiger partial charge in [-0.05, 0) is 66.2 Å². The Morgan fingerprint density at radius 1 is 1.18 bits per heavy atom. The predicted octanol–water partition coefficient (Wildman–Crippen LogP) is 2.83. The molecule has 3 amide bonds. The standard InChI is InChI=1S/C25H39N3O6/c1-5-33-22(31)25-16-17(25)12-9-7-6-8-10-13-18(26-23(32)34-24(2,3)4)21(30)28-15-11-14-19(28)20(29)27-25/h9,12,17-19H,5-8,10-11,13-16H2,1-4H3,(H,26,32)(H,27,29)/b12-9-/t17-,18-,19-,25+/m0/s1. The molecule has 1 saturated carbocycles. The van der Waals surface area contributed by atoms with Crippen molar-refractivity contribution in [2.45, 2.75) is 102 Å². The van der Waals surface area contributed by atoms with Crippen LogP contribution in [0.3, 0.4) is 0 Å². The van der Waals surface area contributed by atoms with Crippen LogP contribution >= 0.6 is 0 Å². The van der Waals surface area contributed by atoms with Gasteiger partial charge in [-0.25, -0.2) is 9.59 Å². The predicted molar refractivity (Wildman–Crippen MR) is 126 cm³/mol. The molecule has 190 valence electrons. The highest BCUT2D eigenvalue weighted by Crippen LogP contribution is 2.46. The van der Waals surface area contributed by atoms with Gasteiger partial charge in [-0.15, -0.1) is 0 Å². The summed E-state index contributed by atoms with van der Waals surface area (Å²) in [5.74, 6) is -1.16. The minimum Gasteiger partial charge on any atom is -0.464 e. The smallest absolute Gasteiger partial charge is 0.408 e. The van der Waals surface area contributed by atoms with Gasteiger partial charge < -0.3 is 25.0 Å². The van der Waals surface area contributed by atoms with Crippen LogP contribution in [0.2, 0.25) is 0 Å². The van der Waals surface area contributed by atoms with Crippen LogP contribution in [0.5, 0.6) is 0 Å². The third-order valence-corrected chi connectivity index (χ3v) is 6.56. The van der Waals surface area contributed by atoms with E-state index in [-0.39, 0.29) is 24.3 Å². The molecule has 0 unspecified atom stereocenters. The lowest BCUT2D eigenvalue weighted by Crippen LogP contribution is -2.56. The molecular weight excluding hydrogens is 438 g/mol. The zero-order valence-corrected chi connectivity index (χ0v) is 20.9. The summed E-state index contributed by atoms with van der Waals surface area (Å²) in [6, 6.07) is -1.45. The van der Waals surface area contributed by atoms with Crippen molar-refractivity contribution < 1.29 is 28.7 Å². The van der Waals surface area contributed by atoms with Crippen molar-refractivity contribution in [1.82, 2.24) is 15.5 Å². The molecule has 1 aliphatic carbocycles. The molecule has 0 bridgehead atoms. The van der Waals surface area contributed by atoms with Gasteiger partial charge in [0.1, 0.15) is 23.2 Å². The van der Waals surface area contributed by atoms with Gasteiger partial charge in [-0.3, -0.25) is 9.59 Å². The van der Waals surface area contributed by atoms with E-state index in [1.165, 1.54) is 0 Å². The lowest BCUT2D eigenvalue weighted by atomic mass is 10.0. The van der Waals surface area contributed by atoms with E-state index >= 15 is 0 Å². The molecule has 34 heavy (non-hydrogen) atoms. The van der Waals surface area contributed by atoms with Crippen molar-refractivity contribution in [1.29, 1.82) is 0 Å². The molecule has 9 nitrogen and oxygen atoms in total. The molecular formula is C25H39N3O6. The third kappa shape index (κ3) is 6.30. The van der Waals surface area contributed by atoms with Gasteiger partial charge in [-0.2, -0.15) is 0 Å². The molecule has 2 fully saturated rings. The van der Waals surface area contributed by atoms with Crippen LogP contribution in [-0.2, 0) is 23.9 Å². The first-order valence-electron chi connectivity index (χ1n) is 12.5. The minimum atomic E-state index is -1.06. The number of fused-ring (bicyclic) bond motifs is 2. The number of carbonyl (C=O) groups is 4. The zero-order chi connectivity index (χ0) is 24.9. The summed E-state index contributed by atoms with van der Waals surface area (Å²) in [7, 11) is 0. The first kappa shape index (κ1) is 26.0. The highest BCUT2D eigenvalue weighted by atomic mass is 16.6. The Labute approximate surface area is 202 Å². The quantitative estimate of drug-likeness (QED) is 0.477. The van der Waals surface area contributed by atoms with Gasteiger partial charge in [0.25, 0.3) is 0 Å². The second-order valence-electron chi connectivity index (χ2n) is 10.4. The molecule has 1 saturated heterocycles. The number of amides is 3. The zero-order valence-electron chi connectivity index (χ0n) is 20.9.